The predicted molar refractivity (Wildman–Crippen MR) is 134 cm³/mol. The van der Waals surface area contributed by atoms with Gasteiger partial charge >= 0.3 is 0 Å². The highest BCUT2D eigenvalue weighted by Gasteiger charge is 2.27. The Bertz CT molecular complexity index is 1240. The number of hydrazone groups is 1. The molecule has 0 aliphatic rings. The van der Waals surface area contributed by atoms with Gasteiger partial charge in [0.2, 0.25) is 10.0 Å². The second-order valence-corrected chi connectivity index (χ2v) is 9.89. The van der Waals surface area contributed by atoms with Crippen LogP contribution < -0.4 is 10.2 Å². The molecule has 0 fully saturated rings. The summed E-state index contributed by atoms with van der Waals surface area (Å²) >= 11 is 6.06. The second kappa shape index (κ2) is 11.8. The van der Waals surface area contributed by atoms with Crippen LogP contribution in [0.2, 0.25) is 5.02 Å². The summed E-state index contributed by atoms with van der Waals surface area (Å²) in [5.41, 5.74) is 4.75. The van der Waals surface area contributed by atoms with E-state index in [1.807, 2.05) is 13.8 Å². The van der Waals surface area contributed by atoms with E-state index in [1.165, 1.54) is 18.3 Å². The highest BCUT2D eigenvalue weighted by molar-refractivity contribution is 7.89. The number of nitrogens with one attached hydrogen (secondary N) is 1. The number of rotatable bonds is 10. The third kappa shape index (κ3) is 7.15. The molecule has 3 aromatic rings. The fourth-order valence-electron chi connectivity index (χ4n) is 3.12. The first-order valence-electron chi connectivity index (χ1n) is 10.6. The van der Waals surface area contributed by atoms with Gasteiger partial charge in [0.15, 0.2) is 0 Å². The Morgan fingerprint density at radius 3 is 2.44 bits per heavy atom. The van der Waals surface area contributed by atoms with Crippen LogP contribution in [0.1, 0.15) is 23.6 Å². The molecule has 0 aromatic heterocycles. The SMILES string of the molecule is CCOc1ccc(/C=N\NC(=O)CN(Cc2cccc(Cl)c2)S(=O)(=O)c2ccc(C)cc2)cc1. The molecule has 0 radical (unpaired) electrons. The molecule has 9 heteroatoms. The van der Waals surface area contributed by atoms with Crippen LogP contribution in [0.5, 0.6) is 5.75 Å². The van der Waals surface area contributed by atoms with Gasteiger partial charge in [-0.2, -0.15) is 9.41 Å². The van der Waals surface area contributed by atoms with Crippen LogP contribution in [-0.4, -0.2) is 38.0 Å². The molecule has 0 aliphatic heterocycles. The van der Waals surface area contributed by atoms with E-state index in [-0.39, 0.29) is 11.4 Å². The normalized spacial score (nSPS) is 11.6. The zero-order valence-corrected chi connectivity index (χ0v) is 20.5. The summed E-state index contributed by atoms with van der Waals surface area (Å²) in [6, 6.07) is 20.5. The van der Waals surface area contributed by atoms with Crippen LogP contribution in [0, 0.1) is 6.92 Å². The molecule has 34 heavy (non-hydrogen) atoms. The summed E-state index contributed by atoms with van der Waals surface area (Å²) in [4.78, 5) is 12.7. The summed E-state index contributed by atoms with van der Waals surface area (Å²) in [5, 5.41) is 4.43. The summed E-state index contributed by atoms with van der Waals surface area (Å²) in [7, 11) is -3.95. The number of ether oxygens (including phenoxy) is 1. The smallest absolute Gasteiger partial charge is 0.255 e. The van der Waals surface area contributed by atoms with E-state index in [2.05, 4.69) is 10.5 Å². The van der Waals surface area contributed by atoms with E-state index in [9.17, 15) is 13.2 Å². The number of carbonyl (C=O) groups excluding carboxylic acids is 1. The maximum absolute atomic E-state index is 13.3. The van der Waals surface area contributed by atoms with Crippen LogP contribution in [0.25, 0.3) is 0 Å². The van der Waals surface area contributed by atoms with Crippen molar-refractivity contribution in [2.45, 2.75) is 25.3 Å². The van der Waals surface area contributed by atoms with Crippen LogP contribution in [0.3, 0.4) is 0 Å². The number of sulfonamides is 1. The van der Waals surface area contributed by atoms with E-state index in [0.29, 0.717) is 17.2 Å². The Labute approximate surface area is 205 Å². The van der Waals surface area contributed by atoms with Crippen molar-refractivity contribution in [2.24, 2.45) is 5.10 Å². The minimum atomic E-state index is -3.95. The van der Waals surface area contributed by atoms with Crippen LogP contribution in [0.15, 0.2) is 82.8 Å². The van der Waals surface area contributed by atoms with Gasteiger partial charge in [-0.25, -0.2) is 13.8 Å². The summed E-state index contributed by atoms with van der Waals surface area (Å²) in [6.45, 7) is 3.91. The third-order valence-corrected chi connectivity index (χ3v) is 6.86. The average Bonchev–Trinajstić information content (AvgIpc) is 2.80. The Balaban J connectivity index is 1.74. The predicted octanol–water partition coefficient (Wildman–Crippen LogP) is 4.39. The molecular weight excluding hydrogens is 474 g/mol. The largest absolute Gasteiger partial charge is 0.494 e. The number of amides is 1. The molecule has 3 aromatic carbocycles. The van der Waals surface area contributed by atoms with Gasteiger partial charge in [-0.3, -0.25) is 4.79 Å². The Kier molecular flexibility index (Phi) is 8.81. The molecule has 1 amide bonds. The lowest BCUT2D eigenvalue weighted by Gasteiger charge is -2.21. The van der Waals surface area contributed by atoms with Crippen molar-refractivity contribution in [1.29, 1.82) is 0 Å². The average molecular weight is 500 g/mol. The summed E-state index contributed by atoms with van der Waals surface area (Å²) in [6.07, 6.45) is 1.48. The van der Waals surface area contributed by atoms with E-state index in [4.69, 9.17) is 16.3 Å². The van der Waals surface area contributed by atoms with Gasteiger partial charge < -0.3 is 4.74 Å². The third-order valence-electron chi connectivity index (χ3n) is 4.82. The first-order chi connectivity index (χ1) is 16.3. The Morgan fingerprint density at radius 2 is 1.79 bits per heavy atom. The number of aryl methyl sites for hydroxylation is 1. The number of carbonyl (C=O) groups is 1. The van der Waals surface area contributed by atoms with E-state index in [0.717, 1.165) is 21.2 Å². The summed E-state index contributed by atoms with van der Waals surface area (Å²) in [5.74, 6) is 0.168. The van der Waals surface area contributed by atoms with Crippen molar-refractivity contribution in [3.05, 3.63) is 94.5 Å². The van der Waals surface area contributed by atoms with E-state index in [1.54, 1.807) is 60.7 Å². The molecule has 1 N–H and O–H groups in total. The lowest BCUT2D eigenvalue weighted by molar-refractivity contribution is -0.121. The van der Waals surface area contributed by atoms with Gasteiger partial charge in [-0.15, -0.1) is 0 Å². The minimum Gasteiger partial charge on any atom is -0.494 e. The van der Waals surface area contributed by atoms with E-state index < -0.39 is 22.5 Å². The monoisotopic (exact) mass is 499 g/mol. The van der Waals surface area contributed by atoms with Gasteiger partial charge in [-0.05, 0) is 73.5 Å². The number of hydrogen-bond acceptors (Lipinski definition) is 5. The standard InChI is InChI=1S/C25H26ClN3O4S/c1-3-33-23-11-9-20(10-12-23)16-27-28-25(30)18-29(17-21-5-4-6-22(26)15-21)34(31,32)24-13-7-19(2)8-14-24/h4-16H,3,17-18H2,1-2H3,(H,28,30)/b27-16-. The molecule has 0 bridgehead atoms. The summed E-state index contributed by atoms with van der Waals surface area (Å²) < 4.78 is 33.1. The van der Waals surface area contributed by atoms with Crippen molar-refractivity contribution >= 4 is 33.7 Å². The number of benzene rings is 3. The van der Waals surface area contributed by atoms with Gasteiger partial charge in [0.05, 0.1) is 24.3 Å². The molecule has 7 nitrogen and oxygen atoms in total. The molecule has 0 aliphatic carbocycles. The molecule has 0 spiro atoms. The molecular formula is C25H26ClN3O4S. The maximum Gasteiger partial charge on any atom is 0.255 e. The van der Waals surface area contributed by atoms with Crippen molar-refractivity contribution in [2.75, 3.05) is 13.2 Å². The first kappa shape index (κ1) is 25.4. The first-order valence-corrected chi connectivity index (χ1v) is 12.5. The Morgan fingerprint density at radius 1 is 1.09 bits per heavy atom. The number of halogens is 1. The highest BCUT2D eigenvalue weighted by Crippen LogP contribution is 2.20. The van der Waals surface area contributed by atoms with E-state index >= 15 is 0 Å². The van der Waals surface area contributed by atoms with Crippen molar-refractivity contribution in [3.63, 3.8) is 0 Å². The molecule has 0 heterocycles. The molecule has 178 valence electrons. The van der Waals surface area contributed by atoms with Crippen LogP contribution in [0.4, 0.5) is 0 Å². The zero-order valence-electron chi connectivity index (χ0n) is 18.9. The van der Waals surface area contributed by atoms with Crippen LogP contribution in [-0.2, 0) is 21.4 Å². The number of hydrogen-bond donors (Lipinski definition) is 1. The zero-order chi connectivity index (χ0) is 24.6. The van der Waals surface area contributed by atoms with Crippen molar-refractivity contribution in [3.8, 4) is 5.75 Å². The lowest BCUT2D eigenvalue weighted by Crippen LogP contribution is -2.39. The molecule has 0 unspecified atom stereocenters. The quantitative estimate of drug-likeness (QED) is 0.331. The van der Waals surface area contributed by atoms with Crippen molar-refractivity contribution < 1.29 is 17.9 Å². The number of nitrogens with zero attached hydrogens (tertiary/aromatic N) is 2. The molecule has 0 saturated heterocycles. The van der Waals surface area contributed by atoms with Crippen LogP contribution >= 0.6 is 11.6 Å². The minimum absolute atomic E-state index is 0.0210. The lowest BCUT2D eigenvalue weighted by atomic mass is 10.2. The van der Waals surface area contributed by atoms with Gasteiger partial charge in [-0.1, -0.05) is 41.4 Å². The van der Waals surface area contributed by atoms with Gasteiger partial charge in [0.1, 0.15) is 5.75 Å². The molecule has 0 saturated carbocycles. The molecule has 3 rings (SSSR count). The highest BCUT2D eigenvalue weighted by atomic mass is 35.5. The molecule has 0 atom stereocenters. The fourth-order valence-corrected chi connectivity index (χ4v) is 4.71. The topological polar surface area (TPSA) is 88.1 Å². The fraction of sp³-hybridized carbons (Fsp3) is 0.200. The van der Waals surface area contributed by atoms with Crippen molar-refractivity contribution in [1.82, 2.24) is 9.73 Å². The van der Waals surface area contributed by atoms with Gasteiger partial charge in [0, 0.05) is 11.6 Å². The second-order valence-electron chi connectivity index (χ2n) is 7.51. The van der Waals surface area contributed by atoms with Gasteiger partial charge in [0.25, 0.3) is 5.91 Å². The maximum atomic E-state index is 13.3. The Hall–Kier alpha value is -3.20.